The van der Waals surface area contributed by atoms with Gasteiger partial charge in [0, 0.05) is 27.8 Å². The van der Waals surface area contributed by atoms with Gasteiger partial charge in [-0.3, -0.25) is 4.98 Å². The molecule has 2 aromatic heterocycles. The molecular formula is C44H33F3N5+. The highest BCUT2D eigenvalue weighted by atomic mass is 19.4. The maximum atomic E-state index is 13.7. The Morgan fingerprint density at radius 1 is 0.558 bits per heavy atom. The minimum absolute atomic E-state index is 0.462. The standard InChI is InChI=1S/C44H32F3N5/c1-2-36-29-39(40-28-35(44(45,46)47)26-27-41(40)48-36)31-24-22-30(23-25-31)37-20-12-13-21-38(37)42-49-51-52(50-42)43(32-14-6-3-7-15-32,33-16-8-4-9-17-33)34-18-10-5-11-19-34/h3-29H,2H2,1H3/p+1. The van der Waals surface area contributed by atoms with E-state index >= 15 is 0 Å². The van der Waals surface area contributed by atoms with Gasteiger partial charge in [0.05, 0.1) is 21.7 Å². The minimum atomic E-state index is -4.45. The molecule has 254 valence electrons. The molecule has 5 nitrogen and oxygen atoms in total. The molecule has 0 atom stereocenters. The van der Waals surface area contributed by atoms with Gasteiger partial charge in [-0.05, 0) is 74.1 Å². The van der Waals surface area contributed by atoms with Gasteiger partial charge >= 0.3 is 12.0 Å². The summed E-state index contributed by atoms with van der Waals surface area (Å²) in [4.78, 5) is 6.43. The number of nitrogens with one attached hydrogen (secondary N) is 1. The SMILES string of the molecule is CCc1cc(-c2ccc(-c3ccccc3-c3n[nH][n+](C(c4ccccc4)(c4ccccc4)c4ccccc4)n3)cc2)c2cc(C(F)(F)F)ccc2n1. The van der Waals surface area contributed by atoms with Crippen LogP contribution in [0.25, 0.3) is 44.5 Å². The molecule has 0 radical (unpaired) electrons. The summed E-state index contributed by atoms with van der Waals surface area (Å²) < 4.78 is 41.1. The van der Waals surface area contributed by atoms with Crippen molar-refractivity contribution in [1.29, 1.82) is 0 Å². The molecule has 0 aliphatic heterocycles. The average Bonchev–Trinajstić information content (AvgIpc) is 3.69. The van der Waals surface area contributed by atoms with Gasteiger partial charge in [-0.1, -0.05) is 140 Å². The Balaban J connectivity index is 1.23. The van der Waals surface area contributed by atoms with Gasteiger partial charge in [0.15, 0.2) is 0 Å². The summed E-state index contributed by atoms with van der Waals surface area (Å²) in [6.45, 7) is 1.98. The average molecular weight is 689 g/mol. The summed E-state index contributed by atoms with van der Waals surface area (Å²) in [5.74, 6) is 0.513. The van der Waals surface area contributed by atoms with Crippen molar-refractivity contribution in [1.82, 2.24) is 20.4 Å². The van der Waals surface area contributed by atoms with E-state index in [9.17, 15) is 13.2 Å². The summed E-state index contributed by atoms with van der Waals surface area (Å²) in [6, 6.07) is 52.2. The number of H-pyrrole nitrogens is 1. The first-order valence-corrected chi connectivity index (χ1v) is 17.1. The van der Waals surface area contributed by atoms with E-state index in [-0.39, 0.29) is 0 Å². The van der Waals surface area contributed by atoms with Gasteiger partial charge in [0.1, 0.15) is 0 Å². The van der Waals surface area contributed by atoms with Crippen LogP contribution in [-0.4, -0.2) is 20.4 Å². The minimum Gasteiger partial charge on any atom is -0.253 e. The monoisotopic (exact) mass is 688 g/mol. The Morgan fingerprint density at radius 3 is 1.62 bits per heavy atom. The van der Waals surface area contributed by atoms with E-state index in [2.05, 4.69) is 46.6 Å². The maximum Gasteiger partial charge on any atom is 0.416 e. The van der Waals surface area contributed by atoms with Crippen LogP contribution in [0.15, 0.2) is 164 Å². The molecule has 0 bridgehead atoms. The predicted molar refractivity (Wildman–Crippen MR) is 197 cm³/mol. The van der Waals surface area contributed by atoms with E-state index in [1.807, 2.05) is 121 Å². The number of fused-ring (bicyclic) bond motifs is 1. The first-order valence-electron chi connectivity index (χ1n) is 17.1. The summed E-state index contributed by atoms with van der Waals surface area (Å²) in [7, 11) is 0. The molecular weight excluding hydrogens is 656 g/mol. The quantitative estimate of drug-likeness (QED) is 0.128. The largest absolute Gasteiger partial charge is 0.416 e. The van der Waals surface area contributed by atoms with Crippen LogP contribution in [-0.2, 0) is 18.1 Å². The number of hydrogen-bond acceptors (Lipinski definition) is 3. The van der Waals surface area contributed by atoms with Crippen LogP contribution in [0.5, 0.6) is 0 Å². The highest BCUT2D eigenvalue weighted by Gasteiger charge is 2.46. The fraction of sp³-hybridized carbons (Fsp3) is 0.0909. The van der Waals surface area contributed by atoms with Gasteiger partial charge in [-0.2, -0.15) is 13.2 Å². The van der Waals surface area contributed by atoms with E-state index in [0.29, 0.717) is 28.7 Å². The predicted octanol–water partition coefficient (Wildman–Crippen LogP) is 10.1. The lowest BCUT2D eigenvalue weighted by Gasteiger charge is -2.29. The Morgan fingerprint density at radius 2 is 1.08 bits per heavy atom. The smallest absolute Gasteiger partial charge is 0.253 e. The number of pyridine rings is 1. The lowest BCUT2D eigenvalue weighted by molar-refractivity contribution is -0.836. The van der Waals surface area contributed by atoms with Crippen molar-refractivity contribution < 1.29 is 18.0 Å². The van der Waals surface area contributed by atoms with Crippen LogP contribution in [0.1, 0.15) is 34.9 Å². The van der Waals surface area contributed by atoms with E-state index in [1.54, 1.807) is 0 Å². The molecule has 8 rings (SSSR count). The number of aromatic nitrogens is 5. The molecule has 8 aromatic rings. The Labute approximate surface area is 299 Å². The number of tetrazole rings is 1. The zero-order valence-corrected chi connectivity index (χ0v) is 28.2. The number of halogens is 3. The third kappa shape index (κ3) is 5.82. The van der Waals surface area contributed by atoms with Gasteiger partial charge in [0.25, 0.3) is 0 Å². The van der Waals surface area contributed by atoms with Crippen LogP contribution in [0.3, 0.4) is 0 Å². The second-order valence-electron chi connectivity index (χ2n) is 12.6. The lowest BCUT2D eigenvalue weighted by Crippen LogP contribution is -2.62. The molecule has 0 amide bonds. The van der Waals surface area contributed by atoms with Crippen molar-refractivity contribution in [3.05, 3.63) is 192 Å². The number of nitrogens with zero attached hydrogens (tertiary/aromatic N) is 4. The molecule has 1 N–H and O–H groups in total. The third-order valence-corrected chi connectivity index (χ3v) is 9.56. The molecule has 0 aliphatic carbocycles. The van der Waals surface area contributed by atoms with Crippen LogP contribution in [0.2, 0.25) is 0 Å². The molecule has 0 saturated heterocycles. The first-order chi connectivity index (χ1) is 25.4. The van der Waals surface area contributed by atoms with Crippen molar-refractivity contribution in [2.75, 3.05) is 0 Å². The van der Waals surface area contributed by atoms with Crippen molar-refractivity contribution >= 4 is 10.9 Å². The second-order valence-corrected chi connectivity index (χ2v) is 12.6. The van der Waals surface area contributed by atoms with Crippen LogP contribution < -0.4 is 4.80 Å². The van der Waals surface area contributed by atoms with Gasteiger partial charge in [0.2, 0.25) is 5.54 Å². The molecule has 52 heavy (non-hydrogen) atoms. The Hall–Kier alpha value is -6.41. The maximum absolute atomic E-state index is 13.7. The summed E-state index contributed by atoms with van der Waals surface area (Å²) in [5, 5.41) is 13.7. The molecule has 0 saturated carbocycles. The molecule has 0 aliphatic rings. The number of aromatic amines is 1. The summed E-state index contributed by atoms with van der Waals surface area (Å²) in [5.41, 5.74) is 7.01. The van der Waals surface area contributed by atoms with E-state index < -0.39 is 17.3 Å². The van der Waals surface area contributed by atoms with Crippen molar-refractivity contribution in [3.8, 4) is 33.6 Å². The van der Waals surface area contributed by atoms with Gasteiger partial charge in [-0.25, -0.2) is 0 Å². The van der Waals surface area contributed by atoms with E-state index in [0.717, 1.165) is 50.7 Å². The van der Waals surface area contributed by atoms with Crippen molar-refractivity contribution in [2.24, 2.45) is 0 Å². The lowest BCUT2D eigenvalue weighted by atomic mass is 9.77. The fourth-order valence-electron chi connectivity index (χ4n) is 7.04. The van der Waals surface area contributed by atoms with Crippen molar-refractivity contribution in [2.45, 2.75) is 25.1 Å². The van der Waals surface area contributed by atoms with E-state index in [1.165, 1.54) is 12.1 Å². The fourth-order valence-corrected chi connectivity index (χ4v) is 7.04. The van der Waals surface area contributed by atoms with Crippen molar-refractivity contribution in [3.63, 3.8) is 0 Å². The van der Waals surface area contributed by atoms with E-state index in [4.69, 9.17) is 10.2 Å². The molecule has 8 heteroatoms. The Kier molecular flexibility index (Phi) is 8.43. The number of benzene rings is 6. The zero-order chi connectivity index (χ0) is 35.7. The highest BCUT2D eigenvalue weighted by molar-refractivity contribution is 5.95. The first kappa shape index (κ1) is 32.8. The molecule has 0 fully saturated rings. The summed E-state index contributed by atoms with van der Waals surface area (Å²) in [6.07, 6.45) is -3.80. The molecule has 6 aromatic carbocycles. The topological polar surface area (TPSA) is 58.3 Å². The van der Waals surface area contributed by atoms with Crippen LogP contribution in [0, 0.1) is 0 Å². The molecule has 0 unspecified atom stereocenters. The highest BCUT2D eigenvalue weighted by Crippen LogP contribution is 2.38. The normalized spacial score (nSPS) is 11.9. The van der Waals surface area contributed by atoms with Crippen LogP contribution in [0.4, 0.5) is 13.2 Å². The van der Waals surface area contributed by atoms with Gasteiger partial charge in [-0.15, -0.1) is 0 Å². The number of aryl methyl sites for hydroxylation is 1. The van der Waals surface area contributed by atoms with Gasteiger partial charge < -0.3 is 0 Å². The van der Waals surface area contributed by atoms with Crippen LogP contribution >= 0.6 is 0 Å². The number of hydrogen-bond donors (Lipinski definition) is 1. The number of alkyl halides is 3. The Bertz CT molecular complexity index is 2380. The third-order valence-electron chi connectivity index (χ3n) is 9.56. The molecule has 2 heterocycles. The second kappa shape index (κ2) is 13.4. The number of rotatable bonds is 8. The molecule has 0 spiro atoms. The summed E-state index contributed by atoms with van der Waals surface area (Å²) >= 11 is 0. The zero-order valence-electron chi connectivity index (χ0n) is 28.2.